The SMILES string of the molecule is O=C(Nc1ccc(S(=O)(=O)NCc2ccco2)cc1)c1ccc(Cl)cc1Cl. The Balaban J connectivity index is 1.68. The van der Waals surface area contributed by atoms with Crippen LogP contribution in [0, 0.1) is 0 Å². The summed E-state index contributed by atoms with van der Waals surface area (Å²) < 4.78 is 32.1. The van der Waals surface area contributed by atoms with E-state index in [0.717, 1.165) is 0 Å². The van der Waals surface area contributed by atoms with Gasteiger partial charge in [-0.15, -0.1) is 0 Å². The fourth-order valence-corrected chi connectivity index (χ4v) is 3.74. The second-order valence-electron chi connectivity index (χ2n) is 5.51. The van der Waals surface area contributed by atoms with E-state index in [2.05, 4.69) is 10.0 Å². The summed E-state index contributed by atoms with van der Waals surface area (Å²) in [6.07, 6.45) is 1.47. The Morgan fingerprint density at radius 2 is 1.78 bits per heavy atom. The first-order valence-corrected chi connectivity index (χ1v) is 9.97. The van der Waals surface area contributed by atoms with Crippen molar-refractivity contribution in [3.8, 4) is 0 Å². The molecule has 140 valence electrons. The van der Waals surface area contributed by atoms with Crippen LogP contribution in [0.15, 0.2) is 70.2 Å². The molecule has 2 aromatic carbocycles. The molecule has 27 heavy (non-hydrogen) atoms. The van der Waals surface area contributed by atoms with Gasteiger partial charge in [0.2, 0.25) is 10.0 Å². The Kier molecular flexibility index (Phi) is 5.86. The topological polar surface area (TPSA) is 88.4 Å². The lowest BCUT2D eigenvalue weighted by atomic mass is 10.2. The van der Waals surface area contributed by atoms with Crippen molar-refractivity contribution in [3.63, 3.8) is 0 Å². The van der Waals surface area contributed by atoms with E-state index in [9.17, 15) is 13.2 Å². The molecule has 3 aromatic rings. The highest BCUT2D eigenvalue weighted by molar-refractivity contribution is 7.89. The summed E-state index contributed by atoms with van der Waals surface area (Å²) >= 11 is 11.8. The average Bonchev–Trinajstić information content (AvgIpc) is 3.14. The predicted octanol–water partition coefficient (Wildman–Crippen LogP) is 4.32. The number of carbonyl (C=O) groups excluding carboxylic acids is 1. The van der Waals surface area contributed by atoms with Gasteiger partial charge in [-0.25, -0.2) is 13.1 Å². The van der Waals surface area contributed by atoms with Gasteiger partial charge in [-0.1, -0.05) is 23.2 Å². The van der Waals surface area contributed by atoms with Gasteiger partial charge in [-0.05, 0) is 54.6 Å². The molecule has 6 nitrogen and oxygen atoms in total. The number of hydrogen-bond donors (Lipinski definition) is 2. The van der Waals surface area contributed by atoms with E-state index in [-0.39, 0.29) is 22.0 Å². The van der Waals surface area contributed by atoms with Gasteiger partial charge in [-0.2, -0.15) is 0 Å². The minimum absolute atomic E-state index is 0.0445. The summed E-state index contributed by atoms with van der Waals surface area (Å²) in [5.41, 5.74) is 0.689. The maximum atomic E-state index is 12.3. The van der Waals surface area contributed by atoms with Gasteiger partial charge < -0.3 is 9.73 Å². The molecule has 1 aromatic heterocycles. The van der Waals surface area contributed by atoms with Gasteiger partial charge >= 0.3 is 0 Å². The molecule has 0 aliphatic carbocycles. The van der Waals surface area contributed by atoms with E-state index >= 15 is 0 Å². The fourth-order valence-electron chi connectivity index (χ4n) is 2.25. The second-order valence-corrected chi connectivity index (χ2v) is 8.12. The molecule has 0 atom stereocenters. The van der Waals surface area contributed by atoms with Crippen molar-refractivity contribution >= 4 is 44.8 Å². The number of carbonyl (C=O) groups is 1. The number of nitrogens with one attached hydrogen (secondary N) is 2. The molecule has 0 spiro atoms. The highest BCUT2D eigenvalue weighted by atomic mass is 35.5. The molecule has 1 heterocycles. The summed E-state index contributed by atoms with van der Waals surface area (Å²) in [7, 11) is -3.70. The number of rotatable bonds is 6. The zero-order valence-corrected chi connectivity index (χ0v) is 16.1. The highest BCUT2D eigenvalue weighted by Crippen LogP contribution is 2.22. The van der Waals surface area contributed by atoms with Crippen LogP contribution < -0.4 is 10.0 Å². The molecule has 0 radical (unpaired) electrons. The molecular weight excluding hydrogens is 411 g/mol. The van der Waals surface area contributed by atoms with E-state index in [1.807, 2.05) is 0 Å². The van der Waals surface area contributed by atoms with Gasteiger partial charge in [0.05, 0.1) is 28.3 Å². The monoisotopic (exact) mass is 424 g/mol. The third-order valence-electron chi connectivity index (χ3n) is 3.61. The van der Waals surface area contributed by atoms with Gasteiger partial charge in [0, 0.05) is 10.7 Å². The molecule has 0 bridgehead atoms. The fraction of sp³-hybridized carbons (Fsp3) is 0.0556. The number of sulfonamides is 1. The molecule has 0 aliphatic rings. The largest absolute Gasteiger partial charge is 0.468 e. The first-order valence-electron chi connectivity index (χ1n) is 7.74. The number of anilines is 1. The molecule has 0 unspecified atom stereocenters. The first kappa shape index (κ1) is 19.4. The standard InChI is InChI=1S/C18H14Cl2N2O4S/c19-12-3-8-16(17(20)10-12)18(23)22-13-4-6-15(7-5-13)27(24,25)21-11-14-2-1-9-26-14/h1-10,21H,11H2,(H,22,23). The molecule has 9 heteroatoms. The molecule has 1 amide bonds. The highest BCUT2D eigenvalue weighted by Gasteiger charge is 2.15. The summed E-state index contributed by atoms with van der Waals surface area (Å²) in [5, 5.41) is 3.30. The van der Waals surface area contributed by atoms with Crippen LogP contribution in [0.1, 0.15) is 16.1 Å². The second kappa shape index (κ2) is 8.14. The molecule has 0 aliphatic heterocycles. The molecule has 3 rings (SSSR count). The van der Waals surface area contributed by atoms with Crippen molar-refractivity contribution < 1.29 is 17.6 Å². The van der Waals surface area contributed by atoms with Crippen LogP contribution in [0.5, 0.6) is 0 Å². The maximum absolute atomic E-state index is 12.3. The van der Waals surface area contributed by atoms with Crippen molar-refractivity contribution in [2.75, 3.05) is 5.32 Å². The van der Waals surface area contributed by atoms with Crippen LogP contribution in [0.3, 0.4) is 0 Å². The van der Waals surface area contributed by atoms with Gasteiger partial charge in [-0.3, -0.25) is 4.79 Å². The number of amides is 1. The van der Waals surface area contributed by atoms with E-state index in [4.69, 9.17) is 27.6 Å². The predicted molar refractivity (Wildman–Crippen MR) is 104 cm³/mol. The minimum Gasteiger partial charge on any atom is -0.468 e. The zero-order valence-electron chi connectivity index (χ0n) is 13.8. The van der Waals surface area contributed by atoms with Crippen LogP contribution in [0.4, 0.5) is 5.69 Å². The summed E-state index contributed by atoms with van der Waals surface area (Å²) in [6.45, 7) is 0.0445. The lowest BCUT2D eigenvalue weighted by Gasteiger charge is -2.09. The maximum Gasteiger partial charge on any atom is 0.257 e. The number of furan rings is 1. The van der Waals surface area contributed by atoms with E-state index in [0.29, 0.717) is 16.5 Å². The molecule has 2 N–H and O–H groups in total. The smallest absolute Gasteiger partial charge is 0.257 e. The van der Waals surface area contributed by atoms with Crippen molar-refractivity contribution in [2.24, 2.45) is 0 Å². The van der Waals surface area contributed by atoms with E-state index in [1.165, 1.54) is 42.7 Å². The summed E-state index contributed by atoms with van der Waals surface area (Å²) in [6, 6.07) is 13.6. The van der Waals surface area contributed by atoms with Gasteiger partial charge in [0.15, 0.2) is 0 Å². The summed E-state index contributed by atoms with van der Waals surface area (Å²) in [5.74, 6) is 0.0746. The number of benzene rings is 2. The van der Waals surface area contributed by atoms with Crippen LogP contribution in [0.25, 0.3) is 0 Å². The van der Waals surface area contributed by atoms with Crippen LogP contribution in [-0.4, -0.2) is 14.3 Å². The third kappa shape index (κ3) is 4.90. The quantitative estimate of drug-likeness (QED) is 0.616. The van der Waals surface area contributed by atoms with Crippen molar-refractivity contribution in [1.29, 1.82) is 0 Å². The Morgan fingerprint density at radius 3 is 2.41 bits per heavy atom. The Hall–Kier alpha value is -2.32. The first-order chi connectivity index (χ1) is 12.8. The summed E-state index contributed by atoms with van der Waals surface area (Å²) in [4.78, 5) is 12.3. The number of halogens is 2. The van der Waals surface area contributed by atoms with Crippen molar-refractivity contribution in [2.45, 2.75) is 11.4 Å². The lowest BCUT2D eigenvalue weighted by Crippen LogP contribution is -2.23. The molecule has 0 fully saturated rings. The molecule has 0 saturated carbocycles. The lowest BCUT2D eigenvalue weighted by molar-refractivity contribution is 0.102. The number of hydrogen-bond acceptors (Lipinski definition) is 4. The normalized spacial score (nSPS) is 11.3. The average molecular weight is 425 g/mol. The van der Waals surface area contributed by atoms with Gasteiger partial charge in [0.1, 0.15) is 5.76 Å². The van der Waals surface area contributed by atoms with E-state index in [1.54, 1.807) is 18.2 Å². The van der Waals surface area contributed by atoms with Crippen LogP contribution >= 0.6 is 23.2 Å². The van der Waals surface area contributed by atoms with Gasteiger partial charge in [0.25, 0.3) is 5.91 Å². The molecular formula is C18H14Cl2N2O4S. The van der Waals surface area contributed by atoms with Crippen LogP contribution in [-0.2, 0) is 16.6 Å². The van der Waals surface area contributed by atoms with Crippen molar-refractivity contribution in [3.05, 3.63) is 82.2 Å². The Labute approximate surface area is 166 Å². The molecule has 0 saturated heterocycles. The van der Waals surface area contributed by atoms with E-state index < -0.39 is 15.9 Å². The Morgan fingerprint density at radius 1 is 1.04 bits per heavy atom. The zero-order chi connectivity index (χ0) is 19.4. The Bertz CT molecular complexity index is 1050. The van der Waals surface area contributed by atoms with Crippen molar-refractivity contribution in [1.82, 2.24) is 4.72 Å². The third-order valence-corrected chi connectivity index (χ3v) is 5.58. The van der Waals surface area contributed by atoms with Crippen LogP contribution in [0.2, 0.25) is 10.0 Å². The minimum atomic E-state index is -3.70.